The van der Waals surface area contributed by atoms with Crippen molar-refractivity contribution in [2.24, 2.45) is 5.92 Å². The van der Waals surface area contributed by atoms with E-state index in [9.17, 15) is 9.59 Å². The van der Waals surface area contributed by atoms with Crippen molar-refractivity contribution in [1.29, 1.82) is 0 Å². The molecule has 0 saturated carbocycles. The first-order valence-corrected chi connectivity index (χ1v) is 6.97. The molecule has 2 heterocycles. The molecule has 2 aliphatic heterocycles. The van der Waals surface area contributed by atoms with Gasteiger partial charge in [-0.25, -0.2) is 0 Å². The molecule has 0 bridgehead atoms. The van der Waals surface area contributed by atoms with E-state index in [0.717, 1.165) is 0 Å². The van der Waals surface area contributed by atoms with Gasteiger partial charge in [-0.3, -0.25) is 9.59 Å². The zero-order valence-corrected chi connectivity index (χ0v) is 11.7. The van der Waals surface area contributed by atoms with Gasteiger partial charge in [0.1, 0.15) is 6.10 Å². The largest absolute Gasteiger partial charge is 0.482 e. The maximum Gasteiger partial charge on any atom is 0.303 e. The summed E-state index contributed by atoms with van der Waals surface area (Å²) in [5.41, 5.74) is 0. The Hall–Kier alpha value is -2.24. The maximum atomic E-state index is 12.4. The fourth-order valence-corrected chi connectivity index (χ4v) is 2.70. The Bertz CT molecular complexity index is 567. The summed E-state index contributed by atoms with van der Waals surface area (Å²) in [5, 5.41) is 8.73. The number of fused-ring (bicyclic) bond motifs is 1. The Morgan fingerprint density at radius 3 is 2.48 bits per heavy atom. The van der Waals surface area contributed by atoms with Crippen molar-refractivity contribution in [3.05, 3.63) is 24.3 Å². The lowest BCUT2D eigenvalue weighted by molar-refractivity contribution is -0.153. The number of benzene rings is 1. The summed E-state index contributed by atoms with van der Waals surface area (Å²) in [6.07, 6.45) is -0.943. The Kier molecular flexibility index (Phi) is 3.45. The third kappa shape index (κ3) is 2.66. The highest BCUT2D eigenvalue weighted by Crippen LogP contribution is 2.34. The van der Waals surface area contributed by atoms with Crippen LogP contribution < -0.4 is 9.47 Å². The van der Waals surface area contributed by atoms with E-state index in [0.29, 0.717) is 24.6 Å². The summed E-state index contributed by atoms with van der Waals surface area (Å²) in [6, 6.07) is 7.25. The third-order valence-corrected chi connectivity index (χ3v) is 3.82. The topological polar surface area (TPSA) is 76.1 Å². The van der Waals surface area contributed by atoms with Crippen LogP contribution in [-0.2, 0) is 9.59 Å². The van der Waals surface area contributed by atoms with Gasteiger partial charge >= 0.3 is 5.97 Å². The number of carbonyl (C=O) groups excluding carboxylic acids is 1. The van der Waals surface area contributed by atoms with E-state index in [-0.39, 0.29) is 24.3 Å². The highest BCUT2D eigenvalue weighted by molar-refractivity contribution is 5.83. The molecule has 2 aliphatic rings. The summed E-state index contributed by atoms with van der Waals surface area (Å²) >= 11 is 0. The number of carbonyl (C=O) groups is 2. The average Bonchev–Trinajstić information content (AvgIpc) is 2.40. The second-order valence-electron chi connectivity index (χ2n) is 5.52. The number of likely N-dealkylation sites (tertiary alicyclic amines) is 1. The molecule has 0 spiro atoms. The molecule has 1 aromatic carbocycles. The number of carboxylic acid groups (broad SMARTS) is 1. The predicted octanol–water partition coefficient (Wildman–Crippen LogP) is 1.15. The number of rotatable bonds is 3. The van der Waals surface area contributed by atoms with Gasteiger partial charge in [0.05, 0.1) is 6.42 Å². The summed E-state index contributed by atoms with van der Waals surface area (Å²) < 4.78 is 11.5. The molecule has 3 rings (SSSR count). The number of aliphatic carboxylic acids is 1. The number of hydrogen-bond acceptors (Lipinski definition) is 4. The molecule has 6 nitrogen and oxygen atoms in total. The zero-order chi connectivity index (χ0) is 15.0. The number of amides is 1. The summed E-state index contributed by atoms with van der Waals surface area (Å²) in [7, 11) is 0. The second kappa shape index (κ2) is 5.27. The summed E-state index contributed by atoms with van der Waals surface area (Å²) in [4.78, 5) is 24.7. The van der Waals surface area contributed by atoms with E-state index in [1.54, 1.807) is 24.0 Å². The van der Waals surface area contributed by atoms with Crippen LogP contribution in [0.5, 0.6) is 11.5 Å². The fourth-order valence-electron chi connectivity index (χ4n) is 2.70. The van der Waals surface area contributed by atoms with Crippen molar-refractivity contribution >= 4 is 11.9 Å². The molecular formula is C15H17NO5. The number of ether oxygens (including phenoxy) is 2. The van der Waals surface area contributed by atoms with E-state index in [1.165, 1.54) is 0 Å². The van der Waals surface area contributed by atoms with Gasteiger partial charge in [0, 0.05) is 19.0 Å². The highest BCUT2D eigenvalue weighted by atomic mass is 16.6. The molecule has 0 aromatic heterocycles. The average molecular weight is 291 g/mol. The van der Waals surface area contributed by atoms with Crippen molar-refractivity contribution in [2.45, 2.75) is 25.6 Å². The van der Waals surface area contributed by atoms with E-state index < -0.39 is 12.1 Å². The molecule has 0 aliphatic carbocycles. The number of para-hydroxylation sites is 2. The molecule has 1 amide bonds. The third-order valence-electron chi connectivity index (χ3n) is 3.82. The molecule has 1 saturated heterocycles. The van der Waals surface area contributed by atoms with Crippen molar-refractivity contribution < 1.29 is 24.2 Å². The van der Waals surface area contributed by atoms with E-state index >= 15 is 0 Å². The Balaban J connectivity index is 1.63. The number of hydrogen-bond donors (Lipinski definition) is 1. The van der Waals surface area contributed by atoms with Crippen LogP contribution in [0.4, 0.5) is 0 Å². The van der Waals surface area contributed by atoms with Crippen molar-refractivity contribution in [2.75, 3.05) is 13.1 Å². The summed E-state index contributed by atoms with van der Waals surface area (Å²) in [6.45, 7) is 2.74. The summed E-state index contributed by atoms with van der Waals surface area (Å²) in [5.74, 6) is 0.279. The first-order valence-electron chi connectivity index (χ1n) is 6.97. The molecule has 1 aromatic rings. The predicted molar refractivity (Wildman–Crippen MR) is 73.3 cm³/mol. The van der Waals surface area contributed by atoms with Crippen LogP contribution in [0.2, 0.25) is 0 Å². The van der Waals surface area contributed by atoms with Crippen molar-refractivity contribution in [3.8, 4) is 11.5 Å². The maximum absolute atomic E-state index is 12.4. The molecule has 1 N–H and O–H groups in total. The normalized spacial score (nSPS) is 24.3. The molecule has 2 atom stereocenters. The minimum Gasteiger partial charge on any atom is -0.482 e. The Morgan fingerprint density at radius 2 is 1.86 bits per heavy atom. The minimum absolute atomic E-state index is 0.0403. The molecule has 21 heavy (non-hydrogen) atoms. The van der Waals surface area contributed by atoms with Crippen molar-refractivity contribution in [3.63, 3.8) is 0 Å². The first kappa shape index (κ1) is 13.7. The molecule has 1 fully saturated rings. The smallest absolute Gasteiger partial charge is 0.303 e. The van der Waals surface area contributed by atoms with Gasteiger partial charge in [-0.2, -0.15) is 0 Å². The monoisotopic (exact) mass is 291 g/mol. The van der Waals surface area contributed by atoms with Crippen LogP contribution in [-0.4, -0.2) is 47.2 Å². The van der Waals surface area contributed by atoms with Gasteiger partial charge in [-0.15, -0.1) is 0 Å². The Labute approximate surface area is 122 Å². The number of nitrogens with zero attached hydrogens (tertiary/aromatic N) is 1. The Morgan fingerprint density at radius 1 is 1.24 bits per heavy atom. The molecule has 6 heteroatoms. The first-order chi connectivity index (χ1) is 10.0. The quantitative estimate of drug-likeness (QED) is 0.904. The number of carboxylic acids is 1. The van der Waals surface area contributed by atoms with Gasteiger partial charge in [-0.1, -0.05) is 12.1 Å². The van der Waals surface area contributed by atoms with Crippen LogP contribution in [0.25, 0.3) is 0 Å². The van der Waals surface area contributed by atoms with Crippen molar-refractivity contribution in [1.82, 2.24) is 4.90 Å². The van der Waals surface area contributed by atoms with E-state index in [2.05, 4.69) is 0 Å². The standard InChI is InChI=1S/C15H17NO5/c1-9-14(21-12-5-3-2-4-11(12)20-9)15(19)16-7-10(8-16)6-13(17)18/h2-5,9-10,14H,6-8H2,1H3,(H,17,18). The minimum atomic E-state index is -0.827. The van der Waals surface area contributed by atoms with Crippen LogP contribution in [0.3, 0.4) is 0 Å². The van der Waals surface area contributed by atoms with Gasteiger partial charge in [0.2, 0.25) is 6.10 Å². The van der Waals surface area contributed by atoms with Crippen LogP contribution >= 0.6 is 0 Å². The van der Waals surface area contributed by atoms with Gasteiger partial charge in [0.25, 0.3) is 5.91 Å². The van der Waals surface area contributed by atoms with Crippen LogP contribution in [0.1, 0.15) is 13.3 Å². The molecule has 0 radical (unpaired) electrons. The highest BCUT2D eigenvalue weighted by Gasteiger charge is 2.41. The van der Waals surface area contributed by atoms with Gasteiger partial charge in [0.15, 0.2) is 11.5 Å². The lowest BCUT2D eigenvalue weighted by Gasteiger charge is -2.42. The molecule has 112 valence electrons. The zero-order valence-electron chi connectivity index (χ0n) is 11.7. The lowest BCUT2D eigenvalue weighted by atomic mass is 9.95. The van der Waals surface area contributed by atoms with Gasteiger partial charge in [-0.05, 0) is 19.1 Å². The van der Waals surface area contributed by atoms with E-state index in [4.69, 9.17) is 14.6 Å². The van der Waals surface area contributed by atoms with Crippen LogP contribution in [0.15, 0.2) is 24.3 Å². The lowest BCUT2D eigenvalue weighted by Crippen LogP contribution is -2.58. The molecular weight excluding hydrogens is 274 g/mol. The van der Waals surface area contributed by atoms with Crippen LogP contribution in [0, 0.1) is 5.92 Å². The van der Waals surface area contributed by atoms with E-state index in [1.807, 2.05) is 12.1 Å². The SMILES string of the molecule is CC1Oc2ccccc2OC1C(=O)N1CC(CC(=O)O)C1. The molecule has 2 unspecified atom stereocenters. The van der Waals surface area contributed by atoms with Gasteiger partial charge < -0.3 is 19.5 Å². The fraction of sp³-hybridized carbons (Fsp3) is 0.467. The second-order valence-corrected chi connectivity index (χ2v) is 5.52.